The van der Waals surface area contributed by atoms with Crippen LogP contribution in [0.3, 0.4) is 0 Å². The average Bonchev–Trinajstić information content (AvgIpc) is 3.11. The van der Waals surface area contributed by atoms with Crippen LogP contribution in [0.2, 0.25) is 0 Å². The molecule has 1 heterocycles. The molecule has 0 saturated heterocycles. The summed E-state index contributed by atoms with van der Waals surface area (Å²) in [6.45, 7) is 2.66. The van der Waals surface area contributed by atoms with Crippen molar-refractivity contribution in [2.75, 3.05) is 33.9 Å². The molecular formula is C18H24N2O3S. The highest BCUT2D eigenvalue weighted by Gasteiger charge is 2.16. The van der Waals surface area contributed by atoms with E-state index in [2.05, 4.69) is 5.32 Å². The summed E-state index contributed by atoms with van der Waals surface area (Å²) in [7, 11) is 3.30. The van der Waals surface area contributed by atoms with E-state index in [9.17, 15) is 4.79 Å². The number of nitrogens with zero attached hydrogens (tertiary/aromatic N) is 1. The lowest BCUT2D eigenvalue weighted by Crippen LogP contribution is -2.38. The molecule has 5 nitrogen and oxygen atoms in total. The van der Waals surface area contributed by atoms with E-state index >= 15 is 0 Å². The second-order valence-corrected chi connectivity index (χ2v) is 6.34. The Hall–Kier alpha value is -1.89. The molecule has 0 aliphatic rings. The Kier molecular flexibility index (Phi) is 7.74. The van der Waals surface area contributed by atoms with Gasteiger partial charge in [-0.2, -0.15) is 0 Å². The molecule has 1 aromatic heterocycles. The number of amides is 1. The van der Waals surface area contributed by atoms with Crippen molar-refractivity contribution in [3.8, 4) is 5.75 Å². The van der Waals surface area contributed by atoms with Crippen LogP contribution in [0, 0.1) is 0 Å². The molecule has 0 aliphatic carbocycles. The van der Waals surface area contributed by atoms with Crippen LogP contribution in [0.15, 0.2) is 41.8 Å². The van der Waals surface area contributed by atoms with Crippen LogP contribution in [0.25, 0.3) is 0 Å². The molecule has 0 saturated carbocycles. The number of para-hydroxylation sites is 1. The summed E-state index contributed by atoms with van der Waals surface area (Å²) in [5.74, 6) is 0.860. The third-order valence-corrected chi connectivity index (χ3v) is 4.45. The van der Waals surface area contributed by atoms with Gasteiger partial charge in [0.05, 0.1) is 26.8 Å². The maximum atomic E-state index is 12.6. The Morgan fingerprint density at radius 1 is 1.17 bits per heavy atom. The van der Waals surface area contributed by atoms with Gasteiger partial charge in [-0.15, -0.1) is 11.3 Å². The molecule has 0 aliphatic heterocycles. The zero-order valence-corrected chi connectivity index (χ0v) is 15.0. The van der Waals surface area contributed by atoms with Crippen LogP contribution in [0.1, 0.15) is 10.4 Å². The first-order valence-electron chi connectivity index (χ1n) is 7.86. The Balaban J connectivity index is 2.05. The van der Waals surface area contributed by atoms with Gasteiger partial charge in [0.2, 0.25) is 5.91 Å². The van der Waals surface area contributed by atoms with Gasteiger partial charge in [-0.05, 0) is 17.5 Å². The van der Waals surface area contributed by atoms with Crippen LogP contribution in [0.5, 0.6) is 5.75 Å². The minimum Gasteiger partial charge on any atom is -0.496 e. The number of ether oxygens (including phenoxy) is 2. The molecule has 6 heteroatoms. The van der Waals surface area contributed by atoms with Gasteiger partial charge in [0.25, 0.3) is 0 Å². The lowest BCUT2D eigenvalue weighted by atomic mass is 10.2. The van der Waals surface area contributed by atoms with Crippen molar-refractivity contribution in [2.45, 2.75) is 13.1 Å². The minimum absolute atomic E-state index is 0.0606. The summed E-state index contributed by atoms with van der Waals surface area (Å²) in [5, 5.41) is 5.14. The van der Waals surface area contributed by atoms with Crippen LogP contribution < -0.4 is 10.1 Å². The molecular weight excluding hydrogens is 324 g/mol. The van der Waals surface area contributed by atoms with Crippen molar-refractivity contribution < 1.29 is 14.3 Å². The molecule has 2 aromatic rings. The van der Waals surface area contributed by atoms with Gasteiger partial charge in [0, 0.05) is 30.6 Å². The summed E-state index contributed by atoms with van der Waals surface area (Å²) in [4.78, 5) is 15.6. The van der Waals surface area contributed by atoms with Crippen molar-refractivity contribution >= 4 is 17.2 Å². The predicted octanol–water partition coefficient (Wildman–Crippen LogP) is 2.52. The van der Waals surface area contributed by atoms with E-state index in [1.54, 1.807) is 25.6 Å². The Labute approximate surface area is 147 Å². The van der Waals surface area contributed by atoms with E-state index in [0.717, 1.165) is 16.2 Å². The lowest BCUT2D eigenvalue weighted by Gasteiger charge is -2.23. The van der Waals surface area contributed by atoms with E-state index in [0.29, 0.717) is 32.8 Å². The predicted molar refractivity (Wildman–Crippen MR) is 96.3 cm³/mol. The van der Waals surface area contributed by atoms with Crippen LogP contribution in [0.4, 0.5) is 0 Å². The van der Waals surface area contributed by atoms with Crippen molar-refractivity contribution in [1.82, 2.24) is 10.2 Å². The quantitative estimate of drug-likeness (QED) is 0.671. The highest BCUT2D eigenvalue weighted by molar-refractivity contribution is 7.09. The van der Waals surface area contributed by atoms with E-state index in [1.807, 2.05) is 46.7 Å². The molecule has 1 amide bonds. The Morgan fingerprint density at radius 2 is 2.00 bits per heavy atom. The Bertz CT molecular complexity index is 616. The van der Waals surface area contributed by atoms with Crippen LogP contribution in [-0.4, -0.2) is 44.7 Å². The molecule has 2 rings (SSSR count). The van der Waals surface area contributed by atoms with E-state index in [4.69, 9.17) is 9.47 Å². The van der Waals surface area contributed by atoms with Crippen molar-refractivity contribution in [1.29, 1.82) is 0 Å². The highest BCUT2D eigenvalue weighted by Crippen LogP contribution is 2.21. The topological polar surface area (TPSA) is 50.8 Å². The molecule has 130 valence electrons. The zero-order valence-electron chi connectivity index (χ0n) is 14.2. The van der Waals surface area contributed by atoms with Gasteiger partial charge < -0.3 is 19.7 Å². The number of nitrogens with one attached hydrogen (secondary N) is 1. The number of rotatable bonds is 10. The summed E-state index contributed by atoms with van der Waals surface area (Å²) >= 11 is 1.66. The van der Waals surface area contributed by atoms with Crippen molar-refractivity contribution in [2.24, 2.45) is 0 Å². The maximum Gasteiger partial charge on any atom is 0.237 e. The monoisotopic (exact) mass is 348 g/mol. The average molecular weight is 348 g/mol. The highest BCUT2D eigenvalue weighted by atomic mass is 32.1. The van der Waals surface area contributed by atoms with Gasteiger partial charge in [0.1, 0.15) is 5.75 Å². The van der Waals surface area contributed by atoms with Gasteiger partial charge in [-0.1, -0.05) is 24.3 Å². The number of thiophene rings is 1. The van der Waals surface area contributed by atoms with Gasteiger partial charge in [-0.3, -0.25) is 4.79 Å². The number of benzene rings is 1. The standard InChI is InChI=1S/C18H24N2O3S/c1-22-10-9-19-12-18(21)20(14-16-7-5-11-24-16)13-15-6-3-4-8-17(15)23-2/h3-8,11,19H,9-10,12-14H2,1-2H3. The number of hydrogen-bond acceptors (Lipinski definition) is 5. The third kappa shape index (κ3) is 5.63. The minimum atomic E-state index is 0.0606. The summed E-state index contributed by atoms with van der Waals surface area (Å²) < 4.78 is 10.4. The fourth-order valence-electron chi connectivity index (χ4n) is 2.34. The second kappa shape index (κ2) is 10.1. The maximum absolute atomic E-state index is 12.6. The van der Waals surface area contributed by atoms with Gasteiger partial charge in [0.15, 0.2) is 0 Å². The molecule has 0 bridgehead atoms. The van der Waals surface area contributed by atoms with Crippen molar-refractivity contribution in [3.63, 3.8) is 0 Å². The fourth-order valence-corrected chi connectivity index (χ4v) is 3.06. The summed E-state index contributed by atoms with van der Waals surface area (Å²) in [6, 6.07) is 11.8. The number of hydrogen-bond donors (Lipinski definition) is 1. The molecule has 1 aromatic carbocycles. The lowest BCUT2D eigenvalue weighted by molar-refractivity contribution is -0.131. The third-order valence-electron chi connectivity index (χ3n) is 3.59. The summed E-state index contributed by atoms with van der Waals surface area (Å²) in [5.41, 5.74) is 1.00. The normalized spacial score (nSPS) is 10.6. The molecule has 1 N–H and O–H groups in total. The number of carbonyl (C=O) groups is 1. The second-order valence-electron chi connectivity index (χ2n) is 5.31. The largest absolute Gasteiger partial charge is 0.496 e. The van der Waals surface area contributed by atoms with E-state index in [1.165, 1.54) is 0 Å². The Morgan fingerprint density at radius 3 is 2.71 bits per heavy atom. The molecule has 0 atom stereocenters. The van der Waals surface area contributed by atoms with Crippen LogP contribution >= 0.6 is 11.3 Å². The smallest absolute Gasteiger partial charge is 0.237 e. The molecule has 0 spiro atoms. The van der Waals surface area contributed by atoms with E-state index in [-0.39, 0.29) is 5.91 Å². The first-order chi connectivity index (χ1) is 11.7. The SMILES string of the molecule is COCCNCC(=O)N(Cc1cccs1)Cc1ccccc1OC. The molecule has 0 radical (unpaired) electrons. The first-order valence-corrected chi connectivity index (χ1v) is 8.74. The summed E-state index contributed by atoms with van der Waals surface area (Å²) in [6.07, 6.45) is 0. The van der Waals surface area contributed by atoms with Crippen molar-refractivity contribution in [3.05, 3.63) is 52.2 Å². The number of methoxy groups -OCH3 is 2. The number of carbonyl (C=O) groups excluding carboxylic acids is 1. The fraction of sp³-hybridized carbons (Fsp3) is 0.389. The zero-order chi connectivity index (χ0) is 17.2. The first kappa shape index (κ1) is 18.4. The van der Waals surface area contributed by atoms with Gasteiger partial charge in [-0.25, -0.2) is 0 Å². The molecule has 0 fully saturated rings. The van der Waals surface area contributed by atoms with E-state index < -0.39 is 0 Å². The van der Waals surface area contributed by atoms with Gasteiger partial charge >= 0.3 is 0 Å². The molecule has 0 unspecified atom stereocenters. The van der Waals surface area contributed by atoms with Crippen LogP contribution in [-0.2, 0) is 22.6 Å². The molecule has 24 heavy (non-hydrogen) atoms.